The number of nitrogens with zero attached hydrogens (tertiary/aromatic N) is 3. The molecule has 4 nitrogen and oxygen atoms in total. The number of likely N-dealkylation sites (tertiary alicyclic amines) is 1. The Balaban J connectivity index is 1.62. The zero-order valence-corrected chi connectivity index (χ0v) is 9.83. The molecule has 2 aliphatic rings. The van der Waals surface area contributed by atoms with Crippen molar-refractivity contribution >= 4 is 5.91 Å². The van der Waals surface area contributed by atoms with Crippen LogP contribution in [0.4, 0.5) is 0 Å². The molecule has 0 saturated carbocycles. The van der Waals surface area contributed by atoms with E-state index in [0.29, 0.717) is 11.9 Å². The lowest BCUT2D eigenvalue weighted by Gasteiger charge is -2.20. The molecule has 1 atom stereocenters. The summed E-state index contributed by atoms with van der Waals surface area (Å²) >= 11 is 0. The highest BCUT2D eigenvalue weighted by molar-refractivity contribution is 5.80. The van der Waals surface area contributed by atoms with E-state index in [1.807, 2.05) is 21.8 Å². The van der Waals surface area contributed by atoms with Crippen LogP contribution in [0, 0.1) is 5.92 Å². The van der Waals surface area contributed by atoms with Crippen molar-refractivity contribution in [3.8, 4) is 0 Å². The Morgan fingerprint density at radius 1 is 1.29 bits per heavy atom. The summed E-state index contributed by atoms with van der Waals surface area (Å²) < 4.78 is 1.97. The van der Waals surface area contributed by atoms with Crippen molar-refractivity contribution in [3.63, 3.8) is 0 Å². The van der Waals surface area contributed by atoms with Crippen molar-refractivity contribution in [1.82, 2.24) is 14.7 Å². The summed E-state index contributed by atoms with van der Waals surface area (Å²) in [6.07, 6.45) is 10.9. The monoisotopic (exact) mass is 231 g/mol. The van der Waals surface area contributed by atoms with Gasteiger partial charge in [-0.05, 0) is 25.3 Å². The molecule has 90 valence electrons. The third kappa shape index (κ3) is 1.99. The van der Waals surface area contributed by atoms with Crippen LogP contribution in [0.25, 0.3) is 0 Å². The van der Waals surface area contributed by atoms with Crippen LogP contribution >= 0.6 is 0 Å². The Labute approximate surface area is 101 Å². The Hall–Kier alpha value is -1.58. The number of carbonyl (C=O) groups is 1. The first kappa shape index (κ1) is 10.6. The normalized spacial score (nSPS) is 24.7. The van der Waals surface area contributed by atoms with Gasteiger partial charge in [0.2, 0.25) is 5.91 Å². The Morgan fingerprint density at radius 2 is 2.12 bits per heavy atom. The first-order valence-corrected chi connectivity index (χ1v) is 6.27. The summed E-state index contributed by atoms with van der Waals surface area (Å²) in [7, 11) is 0. The van der Waals surface area contributed by atoms with Crippen LogP contribution in [0.15, 0.2) is 30.6 Å². The molecule has 17 heavy (non-hydrogen) atoms. The van der Waals surface area contributed by atoms with Crippen LogP contribution in [0.1, 0.15) is 25.3 Å². The molecule has 1 aromatic heterocycles. The molecule has 2 heterocycles. The van der Waals surface area contributed by atoms with Crippen molar-refractivity contribution in [2.45, 2.75) is 25.3 Å². The van der Waals surface area contributed by atoms with E-state index in [-0.39, 0.29) is 5.92 Å². The van der Waals surface area contributed by atoms with E-state index >= 15 is 0 Å². The van der Waals surface area contributed by atoms with Crippen molar-refractivity contribution in [2.75, 3.05) is 13.1 Å². The van der Waals surface area contributed by atoms with Gasteiger partial charge in [0.1, 0.15) is 0 Å². The summed E-state index contributed by atoms with van der Waals surface area (Å²) in [4.78, 5) is 14.2. The van der Waals surface area contributed by atoms with Gasteiger partial charge in [-0.2, -0.15) is 5.10 Å². The largest absolute Gasteiger partial charge is 0.340 e. The molecule has 1 unspecified atom stereocenters. The molecule has 1 aromatic rings. The second-order valence-corrected chi connectivity index (χ2v) is 4.85. The molecule has 1 aliphatic carbocycles. The van der Waals surface area contributed by atoms with Gasteiger partial charge in [-0.3, -0.25) is 9.48 Å². The number of hydrogen-bond acceptors (Lipinski definition) is 2. The van der Waals surface area contributed by atoms with Crippen LogP contribution < -0.4 is 0 Å². The standard InChI is InChI=1S/C13H17N3O/c17-13(11-4-1-2-5-11)15-9-6-12(10-15)16-8-3-7-14-16/h1-3,7-8,11-12H,4-6,9-10H2. The van der Waals surface area contributed by atoms with Gasteiger partial charge >= 0.3 is 0 Å². The topological polar surface area (TPSA) is 38.1 Å². The summed E-state index contributed by atoms with van der Waals surface area (Å²) in [5.41, 5.74) is 0. The van der Waals surface area contributed by atoms with Gasteiger partial charge < -0.3 is 4.90 Å². The molecule has 0 radical (unpaired) electrons. The molecule has 1 aliphatic heterocycles. The second kappa shape index (κ2) is 4.35. The van der Waals surface area contributed by atoms with Gasteiger partial charge in [0.25, 0.3) is 0 Å². The Kier molecular flexibility index (Phi) is 2.71. The van der Waals surface area contributed by atoms with E-state index in [2.05, 4.69) is 17.3 Å². The van der Waals surface area contributed by atoms with E-state index in [9.17, 15) is 4.79 Å². The number of amides is 1. The second-order valence-electron chi connectivity index (χ2n) is 4.85. The zero-order valence-electron chi connectivity index (χ0n) is 9.83. The van der Waals surface area contributed by atoms with Crippen molar-refractivity contribution in [1.29, 1.82) is 0 Å². The molecule has 3 rings (SSSR count). The Morgan fingerprint density at radius 3 is 2.82 bits per heavy atom. The molecular weight excluding hydrogens is 214 g/mol. The molecule has 0 N–H and O–H groups in total. The third-order valence-corrected chi connectivity index (χ3v) is 3.73. The predicted octanol–water partition coefficient (Wildman–Crippen LogP) is 1.62. The number of hydrogen-bond donors (Lipinski definition) is 0. The zero-order chi connectivity index (χ0) is 11.7. The average molecular weight is 231 g/mol. The highest BCUT2D eigenvalue weighted by atomic mass is 16.2. The number of aromatic nitrogens is 2. The summed E-state index contributed by atoms with van der Waals surface area (Å²) in [5, 5.41) is 4.26. The fraction of sp³-hybridized carbons (Fsp3) is 0.538. The lowest BCUT2D eigenvalue weighted by Crippen LogP contribution is -2.33. The SMILES string of the molecule is O=C(C1CC=CC1)N1CCC(n2cccn2)C1. The minimum Gasteiger partial charge on any atom is -0.340 e. The summed E-state index contributed by atoms with van der Waals surface area (Å²) in [6.45, 7) is 1.69. The maximum Gasteiger partial charge on any atom is 0.226 e. The number of allylic oxidation sites excluding steroid dienone is 2. The molecule has 0 spiro atoms. The van der Waals surface area contributed by atoms with Crippen LogP contribution in [-0.2, 0) is 4.79 Å². The Bertz CT molecular complexity index is 416. The summed E-state index contributed by atoms with van der Waals surface area (Å²) in [5.74, 6) is 0.524. The minimum absolute atomic E-state index is 0.200. The molecule has 4 heteroatoms. The van der Waals surface area contributed by atoms with E-state index in [0.717, 1.165) is 32.4 Å². The molecule has 1 saturated heterocycles. The lowest BCUT2D eigenvalue weighted by atomic mass is 10.1. The first-order chi connectivity index (χ1) is 8.34. The average Bonchev–Trinajstić information content (AvgIpc) is 3.09. The van der Waals surface area contributed by atoms with E-state index in [1.165, 1.54) is 0 Å². The van der Waals surface area contributed by atoms with Gasteiger partial charge in [0.05, 0.1) is 6.04 Å². The van der Waals surface area contributed by atoms with Gasteiger partial charge in [0.15, 0.2) is 0 Å². The fourth-order valence-electron chi connectivity index (χ4n) is 2.73. The highest BCUT2D eigenvalue weighted by Gasteiger charge is 2.31. The van der Waals surface area contributed by atoms with Crippen LogP contribution in [0.3, 0.4) is 0 Å². The van der Waals surface area contributed by atoms with E-state index in [4.69, 9.17) is 0 Å². The lowest BCUT2D eigenvalue weighted by molar-refractivity contribution is -0.134. The maximum atomic E-state index is 12.2. The van der Waals surface area contributed by atoms with Crippen molar-refractivity contribution < 1.29 is 4.79 Å². The quantitative estimate of drug-likeness (QED) is 0.725. The van der Waals surface area contributed by atoms with Crippen LogP contribution in [-0.4, -0.2) is 33.7 Å². The van der Waals surface area contributed by atoms with Gasteiger partial charge in [-0.15, -0.1) is 0 Å². The van der Waals surface area contributed by atoms with Gasteiger partial charge in [-0.1, -0.05) is 12.2 Å². The predicted molar refractivity (Wildman–Crippen MR) is 64.3 cm³/mol. The van der Waals surface area contributed by atoms with E-state index < -0.39 is 0 Å². The molecular formula is C13H17N3O. The summed E-state index contributed by atoms with van der Waals surface area (Å²) in [6, 6.07) is 2.30. The maximum absolute atomic E-state index is 12.2. The first-order valence-electron chi connectivity index (χ1n) is 6.27. The number of carbonyl (C=O) groups excluding carboxylic acids is 1. The molecule has 0 aromatic carbocycles. The van der Waals surface area contributed by atoms with Crippen LogP contribution in [0.5, 0.6) is 0 Å². The number of rotatable bonds is 2. The van der Waals surface area contributed by atoms with Gasteiger partial charge in [0, 0.05) is 31.4 Å². The van der Waals surface area contributed by atoms with Crippen LogP contribution in [0.2, 0.25) is 0 Å². The smallest absolute Gasteiger partial charge is 0.226 e. The fourth-order valence-corrected chi connectivity index (χ4v) is 2.73. The molecule has 1 amide bonds. The molecule has 1 fully saturated rings. The van der Waals surface area contributed by atoms with Crippen molar-refractivity contribution in [3.05, 3.63) is 30.6 Å². The van der Waals surface area contributed by atoms with E-state index in [1.54, 1.807) is 6.20 Å². The molecule has 0 bridgehead atoms. The van der Waals surface area contributed by atoms with Gasteiger partial charge in [-0.25, -0.2) is 0 Å². The minimum atomic E-state index is 0.200. The van der Waals surface area contributed by atoms with Crippen molar-refractivity contribution in [2.24, 2.45) is 5.92 Å². The highest BCUT2D eigenvalue weighted by Crippen LogP contribution is 2.26. The third-order valence-electron chi connectivity index (χ3n) is 3.73.